The fraction of sp³-hybridized carbons (Fsp3) is 0.467. The van der Waals surface area contributed by atoms with E-state index in [1.165, 1.54) is 7.11 Å². The minimum atomic E-state index is -0.298. The van der Waals surface area contributed by atoms with Gasteiger partial charge in [0.25, 0.3) is 5.91 Å². The maximum absolute atomic E-state index is 12.1. The van der Waals surface area contributed by atoms with Gasteiger partial charge < -0.3 is 15.0 Å². The van der Waals surface area contributed by atoms with E-state index in [2.05, 4.69) is 10.2 Å². The van der Waals surface area contributed by atoms with Crippen LogP contribution in [0.3, 0.4) is 0 Å². The number of rotatable bonds is 4. The highest BCUT2D eigenvalue weighted by molar-refractivity contribution is 6.35. The van der Waals surface area contributed by atoms with Gasteiger partial charge in [0.2, 0.25) is 0 Å². The number of nitrogens with zero attached hydrogens (tertiary/aromatic N) is 2. The van der Waals surface area contributed by atoms with Crippen LogP contribution in [0.25, 0.3) is 0 Å². The van der Waals surface area contributed by atoms with E-state index in [4.69, 9.17) is 27.9 Å². The zero-order chi connectivity index (χ0) is 16.8. The van der Waals surface area contributed by atoms with Crippen LogP contribution >= 0.6 is 23.2 Å². The number of carbonyl (C=O) groups excluding carboxylic acids is 2. The predicted octanol–water partition coefficient (Wildman–Crippen LogP) is 2.11. The molecule has 1 heterocycles. The quantitative estimate of drug-likeness (QED) is 0.894. The van der Waals surface area contributed by atoms with E-state index in [9.17, 15) is 9.59 Å². The van der Waals surface area contributed by atoms with Gasteiger partial charge in [-0.25, -0.2) is 4.79 Å². The number of benzene rings is 1. The topological polar surface area (TPSA) is 61.9 Å². The Morgan fingerprint density at radius 3 is 2.57 bits per heavy atom. The van der Waals surface area contributed by atoms with E-state index in [0.29, 0.717) is 41.8 Å². The highest BCUT2D eigenvalue weighted by Crippen LogP contribution is 2.20. The number of carbonyl (C=O) groups is 2. The van der Waals surface area contributed by atoms with Crippen LogP contribution in [-0.4, -0.2) is 68.2 Å². The van der Waals surface area contributed by atoms with Gasteiger partial charge in [-0.15, -0.1) is 0 Å². The fourth-order valence-corrected chi connectivity index (χ4v) is 2.75. The first-order valence-electron chi connectivity index (χ1n) is 7.29. The lowest BCUT2D eigenvalue weighted by atomic mass is 10.2. The van der Waals surface area contributed by atoms with Crippen LogP contribution in [0.2, 0.25) is 10.0 Å². The van der Waals surface area contributed by atoms with Crippen molar-refractivity contribution in [3.63, 3.8) is 0 Å². The van der Waals surface area contributed by atoms with Crippen molar-refractivity contribution in [3.05, 3.63) is 33.8 Å². The SMILES string of the molecule is COC(=O)N1CCN(CCNC(=O)c2cc(Cl)ccc2Cl)CC1. The number of ether oxygens (including phenoxy) is 1. The Labute approximate surface area is 145 Å². The van der Waals surface area contributed by atoms with E-state index in [-0.39, 0.29) is 12.0 Å². The minimum absolute atomic E-state index is 0.245. The number of halogens is 2. The molecule has 1 aliphatic rings. The van der Waals surface area contributed by atoms with Crippen molar-refractivity contribution in [2.45, 2.75) is 0 Å². The molecule has 1 N–H and O–H groups in total. The molecule has 0 bridgehead atoms. The normalized spacial score (nSPS) is 15.3. The van der Waals surface area contributed by atoms with Crippen molar-refractivity contribution in [1.29, 1.82) is 0 Å². The van der Waals surface area contributed by atoms with E-state index in [1.807, 2.05) is 0 Å². The largest absolute Gasteiger partial charge is 0.453 e. The maximum Gasteiger partial charge on any atom is 0.409 e. The zero-order valence-corrected chi connectivity index (χ0v) is 14.4. The fourth-order valence-electron chi connectivity index (χ4n) is 2.38. The molecule has 2 rings (SSSR count). The van der Waals surface area contributed by atoms with E-state index in [1.54, 1.807) is 23.1 Å². The third kappa shape index (κ3) is 4.99. The second-order valence-electron chi connectivity index (χ2n) is 5.18. The number of methoxy groups -OCH3 is 1. The first kappa shape index (κ1) is 17.8. The second-order valence-corrected chi connectivity index (χ2v) is 6.02. The van der Waals surface area contributed by atoms with Crippen LogP contribution in [0.5, 0.6) is 0 Å². The molecule has 1 aromatic rings. The van der Waals surface area contributed by atoms with Crippen molar-refractivity contribution in [1.82, 2.24) is 15.1 Å². The van der Waals surface area contributed by atoms with Crippen molar-refractivity contribution < 1.29 is 14.3 Å². The van der Waals surface area contributed by atoms with Crippen LogP contribution in [0.15, 0.2) is 18.2 Å². The van der Waals surface area contributed by atoms with Crippen LogP contribution in [0.4, 0.5) is 4.79 Å². The smallest absolute Gasteiger partial charge is 0.409 e. The van der Waals surface area contributed by atoms with Crippen molar-refractivity contribution in [3.8, 4) is 0 Å². The zero-order valence-electron chi connectivity index (χ0n) is 12.8. The average molecular weight is 360 g/mol. The van der Waals surface area contributed by atoms with Gasteiger partial charge >= 0.3 is 6.09 Å². The van der Waals surface area contributed by atoms with Crippen LogP contribution in [0, 0.1) is 0 Å². The molecular weight excluding hydrogens is 341 g/mol. The molecule has 0 aromatic heterocycles. The molecule has 1 aliphatic heterocycles. The number of piperazine rings is 1. The summed E-state index contributed by atoms with van der Waals surface area (Å²) >= 11 is 11.9. The van der Waals surface area contributed by atoms with Gasteiger partial charge in [-0.3, -0.25) is 9.69 Å². The summed E-state index contributed by atoms with van der Waals surface area (Å²) in [6, 6.07) is 4.79. The molecule has 0 aliphatic carbocycles. The molecule has 2 amide bonds. The molecule has 8 heteroatoms. The van der Waals surface area contributed by atoms with Crippen LogP contribution in [0.1, 0.15) is 10.4 Å². The standard InChI is InChI=1S/C15H19Cl2N3O3/c1-23-15(22)20-8-6-19(7-9-20)5-4-18-14(21)12-10-11(16)2-3-13(12)17/h2-3,10H,4-9H2,1H3,(H,18,21). The van der Waals surface area contributed by atoms with Gasteiger partial charge in [0.15, 0.2) is 0 Å². The van der Waals surface area contributed by atoms with Crippen molar-refractivity contribution in [2.24, 2.45) is 0 Å². The van der Waals surface area contributed by atoms with Gasteiger partial charge in [-0.1, -0.05) is 23.2 Å². The van der Waals surface area contributed by atoms with Gasteiger partial charge in [-0.2, -0.15) is 0 Å². The summed E-state index contributed by atoms with van der Waals surface area (Å²) in [5, 5.41) is 3.68. The van der Waals surface area contributed by atoms with Crippen molar-refractivity contribution in [2.75, 3.05) is 46.4 Å². The van der Waals surface area contributed by atoms with Crippen LogP contribution in [-0.2, 0) is 4.74 Å². The highest BCUT2D eigenvalue weighted by Gasteiger charge is 2.21. The van der Waals surface area contributed by atoms with Gasteiger partial charge in [0.05, 0.1) is 17.7 Å². The lowest BCUT2D eigenvalue weighted by molar-refractivity contribution is 0.0885. The molecule has 23 heavy (non-hydrogen) atoms. The Kier molecular flexibility index (Phi) is 6.50. The number of hydrogen-bond acceptors (Lipinski definition) is 4. The summed E-state index contributed by atoms with van der Waals surface area (Å²) in [5.41, 5.74) is 0.370. The number of nitrogens with one attached hydrogen (secondary N) is 1. The summed E-state index contributed by atoms with van der Waals surface area (Å²) in [4.78, 5) is 27.3. The first-order valence-corrected chi connectivity index (χ1v) is 8.05. The first-order chi connectivity index (χ1) is 11.0. The Morgan fingerprint density at radius 2 is 1.91 bits per heavy atom. The lowest BCUT2D eigenvalue weighted by Gasteiger charge is -2.33. The molecule has 0 unspecified atom stereocenters. The third-order valence-corrected chi connectivity index (χ3v) is 4.26. The third-order valence-electron chi connectivity index (χ3n) is 3.69. The number of hydrogen-bond donors (Lipinski definition) is 1. The van der Waals surface area contributed by atoms with Gasteiger partial charge in [0, 0.05) is 44.3 Å². The molecule has 1 fully saturated rings. The molecule has 126 valence electrons. The summed E-state index contributed by atoms with van der Waals surface area (Å²) in [7, 11) is 1.38. The Hall–Kier alpha value is -1.50. The van der Waals surface area contributed by atoms with E-state index in [0.717, 1.165) is 13.1 Å². The van der Waals surface area contributed by atoms with Gasteiger partial charge in [-0.05, 0) is 18.2 Å². The molecule has 0 atom stereocenters. The molecule has 0 spiro atoms. The average Bonchev–Trinajstić information content (AvgIpc) is 2.56. The molecule has 0 saturated carbocycles. The maximum atomic E-state index is 12.1. The highest BCUT2D eigenvalue weighted by atomic mass is 35.5. The Balaban J connectivity index is 1.74. The van der Waals surface area contributed by atoms with Crippen molar-refractivity contribution >= 4 is 35.2 Å². The minimum Gasteiger partial charge on any atom is -0.453 e. The molecule has 6 nitrogen and oxygen atoms in total. The molecule has 0 radical (unpaired) electrons. The summed E-state index contributed by atoms with van der Waals surface area (Å²) < 4.78 is 4.70. The Morgan fingerprint density at radius 1 is 1.22 bits per heavy atom. The monoisotopic (exact) mass is 359 g/mol. The number of amides is 2. The molecular formula is C15H19Cl2N3O3. The molecule has 1 saturated heterocycles. The van der Waals surface area contributed by atoms with E-state index >= 15 is 0 Å². The molecule has 1 aromatic carbocycles. The second kappa shape index (κ2) is 8.38. The summed E-state index contributed by atoms with van der Waals surface area (Å²) in [6.07, 6.45) is -0.298. The van der Waals surface area contributed by atoms with Crippen LogP contribution < -0.4 is 5.32 Å². The Bertz CT molecular complexity index is 575. The predicted molar refractivity (Wildman–Crippen MR) is 89.2 cm³/mol. The summed E-state index contributed by atoms with van der Waals surface area (Å²) in [5.74, 6) is -0.245. The van der Waals surface area contributed by atoms with Gasteiger partial charge in [0.1, 0.15) is 0 Å². The van der Waals surface area contributed by atoms with E-state index < -0.39 is 0 Å². The summed E-state index contributed by atoms with van der Waals surface area (Å²) in [6.45, 7) is 3.96. The lowest BCUT2D eigenvalue weighted by Crippen LogP contribution is -2.50.